The summed E-state index contributed by atoms with van der Waals surface area (Å²) in [6, 6.07) is 1.00. The van der Waals surface area contributed by atoms with Crippen LogP contribution in [0.1, 0.15) is 22.3 Å². The van der Waals surface area contributed by atoms with Crippen LogP contribution >= 0.6 is 22.6 Å². The summed E-state index contributed by atoms with van der Waals surface area (Å²) in [5.41, 5.74) is 4.53. The van der Waals surface area contributed by atoms with Crippen molar-refractivity contribution in [3.05, 3.63) is 20.9 Å². The smallest absolute Gasteiger partial charge is 0.266 e. The molecule has 0 aliphatic heterocycles. The number of carbonyl (C=O) groups excluding carboxylic acids is 1. The number of rotatable bonds is 3. The molecule has 0 unspecified atom stereocenters. The second-order valence-electron chi connectivity index (χ2n) is 2.59. The number of primary amides is 1. The number of pyridine rings is 1. The van der Waals surface area contributed by atoms with Gasteiger partial charge in [0.05, 0.1) is 12.7 Å². The van der Waals surface area contributed by atoms with Crippen LogP contribution in [0, 0.1) is 3.70 Å². The molecule has 1 aromatic heterocycles. The first-order valence-corrected chi connectivity index (χ1v) is 4.87. The van der Waals surface area contributed by atoms with Gasteiger partial charge in [-0.3, -0.25) is 4.79 Å². The third-order valence-corrected chi connectivity index (χ3v) is 2.53. The molecular weight excluding hydrogens is 321 g/mol. The molecule has 0 spiro atoms. The van der Waals surface area contributed by atoms with E-state index in [0.29, 0.717) is 0 Å². The molecule has 1 heterocycles. The molecule has 1 aromatic rings. The van der Waals surface area contributed by atoms with Crippen LogP contribution in [0.4, 0.5) is 8.78 Å². The Morgan fingerprint density at radius 3 is 2.67 bits per heavy atom. The van der Waals surface area contributed by atoms with Crippen LogP contribution in [-0.4, -0.2) is 18.0 Å². The number of hydrogen-bond donors (Lipinski definition) is 1. The second kappa shape index (κ2) is 4.69. The molecule has 4 nitrogen and oxygen atoms in total. The minimum Gasteiger partial charge on any atom is -0.480 e. The normalized spacial score (nSPS) is 10.5. The number of nitrogens with two attached hydrogens (primary N) is 1. The Labute approximate surface area is 98.0 Å². The highest BCUT2D eigenvalue weighted by atomic mass is 127. The summed E-state index contributed by atoms with van der Waals surface area (Å²) in [7, 11) is 1.28. The molecule has 2 N–H and O–H groups in total. The number of methoxy groups -OCH3 is 1. The van der Waals surface area contributed by atoms with E-state index < -0.39 is 12.3 Å². The average molecular weight is 328 g/mol. The van der Waals surface area contributed by atoms with Crippen molar-refractivity contribution in [3.63, 3.8) is 0 Å². The lowest BCUT2D eigenvalue weighted by Crippen LogP contribution is -2.14. The van der Waals surface area contributed by atoms with Crippen LogP contribution in [0.15, 0.2) is 6.07 Å². The zero-order chi connectivity index (χ0) is 11.6. The third-order valence-electron chi connectivity index (χ3n) is 1.66. The molecule has 0 aliphatic rings. The number of nitrogens with zero attached hydrogens (tertiary/aromatic N) is 1. The van der Waals surface area contributed by atoms with Gasteiger partial charge in [-0.1, -0.05) is 0 Å². The highest BCUT2D eigenvalue weighted by molar-refractivity contribution is 14.1. The van der Waals surface area contributed by atoms with Gasteiger partial charge in [0.25, 0.3) is 12.3 Å². The van der Waals surface area contributed by atoms with Gasteiger partial charge in [0.2, 0.25) is 5.88 Å². The van der Waals surface area contributed by atoms with Crippen LogP contribution in [0.5, 0.6) is 5.88 Å². The third kappa shape index (κ3) is 2.52. The molecule has 1 amide bonds. The number of hydrogen-bond acceptors (Lipinski definition) is 3. The van der Waals surface area contributed by atoms with Gasteiger partial charge in [0.1, 0.15) is 9.26 Å². The molecule has 0 fully saturated rings. The summed E-state index contributed by atoms with van der Waals surface area (Å²) < 4.78 is 29.8. The van der Waals surface area contributed by atoms with Crippen molar-refractivity contribution < 1.29 is 18.3 Å². The highest BCUT2D eigenvalue weighted by Gasteiger charge is 2.19. The summed E-state index contributed by atoms with van der Waals surface area (Å²) >= 11 is 1.64. The maximum absolute atomic E-state index is 12.5. The zero-order valence-electron chi connectivity index (χ0n) is 7.63. The van der Waals surface area contributed by atoms with Crippen molar-refractivity contribution in [2.45, 2.75) is 6.43 Å². The summed E-state index contributed by atoms with van der Waals surface area (Å²) in [5.74, 6) is -0.894. The predicted octanol–water partition coefficient (Wildman–Crippen LogP) is 1.73. The monoisotopic (exact) mass is 328 g/mol. The molecule has 15 heavy (non-hydrogen) atoms. The van der Waals surface area contributed by atoms with Gasteiger partial charge in [-0.2, -0.15) is 0 Å². The van der Waals surface area contributed by atoms with Gasteiger partial charge in [0, 0.05) is 0 Å². The van der Waals surface area contributed by atoms with Crippen LogP contribution in [-0.2, 0) is 0 Å². The van der Waals surface area contributed by atoms with E-state index in [4.69, 9.17) is 10.5 Å². The van der Waals surface area contributed by atoms with Crippen molar-refractivity contribution in [2.75, 3.05) is 7.11 Å². The largest absolute Gasteiger partial charge is 0.480 e. The van der Waals surface area contributed by atoms with Gasteiger partial charge in [0.15, 0.2) is 0 Å². The van der Waals surface area contributed by atoms with E-state index >= 15 is 0 Å². The number of aromatic nitrogens is 1. The van der Waals surface area contributed by atoms with Crippen molar-refractivity contribution >= 4 is 28.5 Å². The standard InChI is InChI=1S/C8H7F2IN2O2/c1-15-8-4(7(12)14)2-3(5(9)10)6(11)13-8/h2,5H,1H3,(H2,12,14). The first-order valence-electron chi connectivity index (χ1n) is 3.79. The second-order valence-corrected chi connectivity index (χ2v) is 3.61. The Balaban J connectivity index is 3.37. The van der Waals surface area contributed by atoms with E-state index in [9.17, 15) is 13.6 Å². The van der Waals surface area contributed by atoms with E-state index in [1.54, 1.807) is 22.6 Å². The quantitative estimate of drug-likeness (QED) is 0.679. The Morgan fingerprint density at radius 2 is 2.27 bits per heavy atom. The lowest BCUT2D eigenvalue weighted by molar-refractivity contribution is 0.0995. The van der Waals surface area contributed by atoms with Crippen molar-refractivity contribution in [3.8, 4) is 5.88 Å². The average Bonchev–Trinajstić information content (AvgIpc) is 2.16. The molecular formula is C8H7F2IN2O2. The van der Waals surface area contributed by atoms with Crippen LogP contribution < -0.4 is 10.5 Å². The maximum Gasteiger partial charge on any atom is 0.266 e. The summed E-state index contributed by atoms with van der Waals surface area (Å²) in [6.07, 6.45) is -2.70. The lowest BCUT2D eigenvalue weighted by atomic mass is 10.2. The number of ether oxygens (including phenoxy) is 1. The van der Waals surface area contributed by atoms with Gasteiger partial charge in [-0.05, 0) is 28.7 Å². The Morgan fingerprint density at radius 1 is 1.67 bits per heavy atom. The Hall–Kier alpha value is -0.990. The molecule has 0 atom stereocenters. The summed E-state index contributed by atoms with van der Waals surface area (Å²) in [4.78, 5) is 14.6. The number of carbonyl (C=O) groups is 1. The first kappa shape index (κ1) is 12.1. The molecule has 0 aromatic carbocycles. The fraction of sp³-hybridized carbons (Fsp3) is 0.250. The minimum absolute atomic E-state index is 0.0451. The molecule has 1 rings (SSSR count). The fourth-order valence-corrected chi connectivity index (χ4v) is 1.59. The van der Waals surface area contributed by atoms with Crippen LogP contribution in [0.2, 0.25) is 0 Å². The Bertz CT molecular complexity index is 398. The maximum atomic E-state index is 12.5. The summed E-state index contributed by atoms with van der Waals surface area (Å²) in [6.45, 7) is 0. The van der Waals surface area contributed by atoms with Crippen molar-refractivity contribution in [2.24, 2.45) is 5.73 Å². The molecule has 0 saturated heterocycles. The molecule has 0 bridgehead atoms. The Kier molecular flexibility index (Phi) is 3.77. The predicted molar refractivity (Wildman–Crippen MR) is 57.0 cm³/mol. The van der Waals surface area contributed by atoms with Gasteiger partial charge in [-0.25, -0.2) is 13.8 Å². The van der Waals surface area contributed by atoms with Gasteiger partial charge >= 0.3 is 0 Å². The van der Waals surface area contributed by atoms with E-state index in [2.05, 4.69) is 4.98 Å². The molecule has 0 radical (unpaired) electrons. The molecule has 0 aliphatic carbocycles. The minimum atomic E-state index is -2.70. The number of halogens is 3. The summed E-state index contributed by atoms with van der Waals surface area (Å²) in [5, 5.41) is 0. The lowest BCUT2D eigenvalue weighted by Gasteiger charge is -2.08. The fourth-order valence-electron chi connectivity index (χ4n) is 0.976. The van der Waals surface area contributed by atoms with Gasteiger partial charge in [-0.15, -0.1) is 0 Å². The van der Waals surface area contributed by atoms with Crippen LogP contribution in [0.25, 0.3) is 0 Å². The zero-order valence-corrected chi connectivity index (χ0v) is 9.79. The van der Waals surface area contributed by atoms with Gasteiger partial charge < -0.3 is 10.5 Å². The van der Waals surface area contributed by atoms with Crippen molar-refractivity contribution in [1.82, 2.24) is 4.98 Å². The number of amides is 1. The topological polar surface area (TPSA) is 65.2 Å². The highest BCUT2D eigenvalue weighted by Crippen LogP contribution is 2.27. The molecule has 82 valence electrons. The van der Waals surface area contributed by atoms with E-state index in [0.717, 1.165) is 6.07 Å². The molecule has 7 heteroatoms. The van der Waals surface area contributed by atoms with Crippen LogP contribution in [0.3, 0.4) is 0 Å². The molecule has 0 saturated carbocycles. The first-order chi connectivity index (χ1) is 6.97. The van der Waals surface area contributed by atoms with Crippen molar-refractivity contribution in [1.29, 1.82) is 0 Å². The SMILES string of the molecule is COc1nc(I)c(C(F)F)cc1C(N)=O. The number of alkyl halides is 2. The van der Waals surface area contributed by atoms with E-state index in [1.807, 2.05) is 0 Å². The van der Waals surface area contributed by atoms with E-state index in [-0.39, 0.29) is 20.7 Å². The van der Waals surface area contributed by atoms with E-state index in [1.165, 1.54) is 7.11 Å².